The highest BCUT2D eigenvalue weighted by molar-refractivity contribution is 9.10. The molecule has 0 saturated carbocycles. The van der Waals surface area contributed by atoms with E-state index in [0.717, 1.165) is 21.3 Å². The molecule has 0 spiro atoms. The molecule has 3 rings (SSSR count). The fourth-order valence-corrected chi connectivity index (χ4v) is 3.48. The third-order valence-electron chi connectivity index (χ3n) is 4.98. The van der Waals surface area contributed by atoms with Crippen LogP contribution in [0.4, 0.5) is 0 Å². The first-order chi connectivity index (χ1) is 14.2. The molecule has 1 heterocycles. The maximum Gasteiger partial charge on any atom is 0.276 e. The Balaban J connectivity index is 1.81. The van der Waals surface area contributed by atoms with Crippen LogP contribution in [-0.2, 0) is 6.42 Å². The summed E-state index contributed by atoms with van der Waals surface area (Å²) in [4.78, 5) is 12.8. The van der Waals surface area contributed by atoms with Crippen molar-refractivity contribution in [3.8, 4) is 11.4 Å². The molecule has 158 valence electrons. The molecule has 0 bridgehead atoms. The van der Waals surface area contributed by atoms with Crippen LogP contribution in [0.15, 0.2) is 59.2 Å². The van der Waals surface area contributed by atoms with Gasteiger partial charge in [-0.3, -0.25) is 4.79 Å². The largest absolute Gasteiger partial charge is 0.504 e. The Morgan fingerprint density at radius 1 is 1.23 bits per heavy atom. The van der Waals surface area contributed by atoms with Crippen molar-refractivity contribution in [1.29, 1.82) is 0 Å². The van der Waals surface area contributed by atoms with Crippen molar-refractivity contribution in [2.24, 2.45) is 0 Å². The van der Waals surface area contributed by atoms with Crippen LogP contribution in [0.5, 0.6) is 5.75 Å². The molecule has 0 radical (unpaired) electrons. The van der Waals surface area contributed by atoms with Crippen molar-refractivity contribution in [3.05, 3.63) is 76.0 Å². The van der Waals surface area contributed by atoms with Crippen molar-refractivity contribution in [3.63, 3.8) is 0 Å². The van der Waals surface area contributed by atoms with Crippen molar-refractivity contribution in [1.82, 2.24) is 15.1 Å². The standard InChI is InChI=1S/C23H26BrN3O3/c1-15(2)17-5-4-6-19(11-17)27-13-20(29)21(26-27)22(30)25-23(3,14-28)12-16-7-9-18(24)10-8-16/h4-11,13,15,28-29H,12,14H2,1-3H3,(H,25,30). The first kappa shape index (κ1) is 22.1. The van der Waals surface area contributed by atoms with Gasteiger partial charge in [-0.15, -0.1) is 0 Å². The van der Waals surface area contributed by atoms with Gasteiger partial charge in [-0.1, -0.05) is 54.0 Å². The molecule has 1 aromatic heterocycles. The number of amides is 1. The number of carbonyl (C=O) groups is 1. The van der Waals surface area contributed by atoms with Gasteiger partial charge in [0, 0.05) is 4.47 Å². The molecule has 0 fully saturated rings. The SMILES string of the molecule is CC(C)c1cccc(-n2cc(O)c(C(=O)NC(C)(CO)Cc3ccc(Br)cc3)n2)c1. The molecule has 1 unspecified atom stereocenters. The minimum absolute atomic E-state index is 0.0829. The number of aromatic hydroxyl groups is 1. The lowest BCUT2D eigenvalue weighted by atomic mass is 9.93. The summed E-state index contributed by atoms with van der Waals surface area (Å²) in [6, 6.07) is 15.5. The first-order valence-electron chi connectivity index (χ1n) is 9.77. The van der Waals surface area contributed by atoms with Crippen LogP contribution in [-0.4, -0.2) is 38.0 Å². The zero-order valence-electron chi connectivity index (χ0n) is 17.3. The predicted octanol–water partition coefficient (Wildman–Crippen LogP) is 4.19. The monoisotopic (exact) mass is 471 g/mol. The molecule has 0 aliphatic heterocycles. The van der Waals surface area contributed by atoms with E-state index in [1.165, 1.54) is 10.9 Å². The van der Waals surface area contributed by atoms with Gasteiger partial charge in [0.15, 0.2) is 11.4 Å². The first-order valence-corrected chi connectivity index (χ1v) is 10.6. The number of halogens is 1. The number of aliphatic hydroxyl groups is 1. The Morgan fingerprint density at radius 3 is 2.57 bits per heavy atom. The molecule has 2 aromatic carbocycles. The summed E-state index contributed by atoms with van der Waals surface area (Å²) in [7, 11) is 0. The zero-order valence-corrected chi connectivity index (χ0v) is 18.8. The number of rotatable bonds is 7. The Labute approximate surface area is 184 Å². The van der Waals surface area contributed by atoms with E-state index in [9.17, 15) is 15.0 Å². The second-order valence-electron chi connectivity index (χ2n) is 8.03. The number of hydrogen-bond acceptors (Lipinski definition) is 4. The molecule has 0 aliphatic rings. The quantitative estimate of drug-likeness (QED) is 0.482. The van der Waals surface area contributed by atoms with Gasteiger partial charge in [0.2, 0.25) is 0 Å². The molecular formula is C23H26BrN3O3. The van der Waals surface area contributed by atoms with Gasteiger partial charge < -0.3 is 15.5 Å². The van der Waals surface area contributed by atoms with Crippen LogP contribution in [0.25, 0.3) is 5.69 Å². The molecular weight excluding hydrogens is 446 g/mol. The van der Waals surface area contributed by atoms with Gasteiger partial charge in [-0.25, -0.2) is 4.68 Å². The Hall–Kier alpha value is -2.64. The predicted molar refractivity (Wildman–Crippen MR) is 120 cm³/mol. The van der Waals surface area contributed by atoms with Crippen LogP contribution in [0.1, 0.15) is 48.3 Å². The van der Waals surface area contributed by atoms with Gasteiger partial charge >= 0.3 is 0 Å². The van der Waals surface area contributed by atoms with E-state index in [-0.39, 0.29) is 18.1 Å². The number of nitrogens with one attached hydrogen (secondary N) is 1. The van der Waals surface area contributed by atoms with E-state index in [4.69, 9.17) is 0 Å². The van der Waals surface area contributed by atoms with Crippen molar-refractivity contribution in [2.75, 3.05) is 6.61 Å². The van der Waals surface area contributed by atoms with Gasteiger partial charge in [-0.05, 0) is 54.7 Å². The summed E-state index contributed by atoms with van der Waals surface area (Å²) in [6.07, 6.45) is 1.85. The third kappa shape index (κ3) is 5.09. The smallest absolute Gasteiger partial charge is 0.276 e. The Kier molecular flexibility index (Phi) is 6.63. The van der Waals surface area contributed by atoms with E-state index in [1.807, 2.05) is 48.5 Å². The van der Waals surface area contributed by atoms with E-state index >= 15 is 0 Å². The van der Waals surface area contributed by atoms with Crippen molar-refractivity contribution >= 4 is 21.8 Å². The average molecular weight is 472 g/mol. The highest BCUT2D eigenvalue weighted by Gasteiger charge is 2.29. The topological polar surface area (TPSA) is 87.4 Å². The second-order valence-corrected chi connectivity index (χ2v) is 8.95. The van der Waals surface area contributed by atoms with Gasteiger partial charge in [0.1, 0.15) is 0 Å². The number of nitrogens with zero attached hydrogens (tertiary/aromatic N) is 2. The lowest BCUT2D eigenvalue weighted by Gasteiger charge is -2.28. The summed E-state index contributed by atoms with van der Waals surface area (Å²) < 4.78 is 2.44. The van der Waals surface area contributed by atoms with E-state index in [1.54, 1.807) is 6.92 Å². The number of benzene rings is 2. The fraction of sp³-hybridized carbons (Fsp3) is 0.304. The average Bonchev–Trinajstić information content (AvgIpc) is 3.12. The minimum atomic E-state index is -0.904. The minimum Gasteiger partial charge on any atom is -0.504 e. The van der Waals surface area contributed by atoms with Crippen LogP contribution in [0.2, 0.25) is 0 Å². The second kappa shape index (κ2) is 9.02. The van der Waals surface area contributed by atoms with Crippen molar-refractivity contribution in [2.45, 2.75) is 38.6 Å². The van der Waals surface area contributed by atoms with E-state index < -0.39 is 11.4 Å². The van der Waals surface area contributed by atoms with Gasteiger partial charge in [0.05, 0.1) is 24.0 Å². The number of carbonyl (C=O) groups excluding carboxylic acids is 1. The summed E-state index contributed by atoms with van der Waals surface area (Å²) in [5.74, 6) is -0.410. The summed E-state index contributed by atoms with van der Waals surface area (Å²) >= 11 is 3.40. The van der Waals surface area contributed by atoms with Gasteiger partial charge in [-0.2, -0.15) is 5.10 Å². The third-order valence-corrected chi connectivity index (χ3v) is 5.51. The molecule has 0 saturated heterocycles. The van der Waals surface area contributed by atoms with Crippen LogP contribution in [0, 0.1) is 0 Å². The molecule has 1 atom stereocenters. The van der Waals surface area contributed by atoms with E-state index in [0.29, 0.717) is 12.3 Å². The Bertz CT molecular complexity index is 1030. The van der Waals surface area contributed by atoms with Crippen LogP contribution >= 0.6 is 15.9 Å². The number of aromatic nitrogens is 2. The summed E-state index contributed by atoms with van der Waals surface area (Å²) in [5.41, 5.74) is 1.88. The zero-order chi connectivity index (χ0) is 21.9. The highest BCUT2D eigenvalue weighted by atomic mass is 79.9. The lowest BCUT2D eigenvalue weighted by Crippen LogP contribution is -2.50. The molecule has 1 amide bonds. The molecule has 3 N–H and O–H groups in total. The van der Waals surface area contributed by atoms with Crippen LogP contribution < -0.4 is 5.32 Å². The number of aliphatic hydroxyl groups excluding tert-OH is 1. The van der Waals surface area contributed by atoms with Crippen molar-refractivity contribution < 1.29 is 15.0 Å². The summed E-state index contributed by atoms with van der Waals surface area (Å²) in [6.45, 7) is 5.69. The normalized spacial score (nSPS) is 13.3. The molecule has 0 aliphatic carbocycles. The molecule has 6 nitrogen and oxygen atoms in total. The lowest BCUT2D eigenvalue weighted by molar-refractivity contribution is 0.0844. The Morgan fingerprint density at radius 2 is 1.93 bits per heavy atom. The molecule has 3 aromatic rings. The highest BCUT2D eigenvalue weighted by Crippen LogP contribution is 2.23. The summed E-state index contributed by atoms with van der Waals surface area (Å²) in [5, 5.41) is 27.3. The maximum atomic E-state index is 12.8. The fourth-order valence-electron chi connectivity index (χ4n) is 3.21. The van der Waals surface area contributed by atoms with Gasteiger partial charge in [0.25, 0.3) is 5.91 Å². The number of hydrogen-bond donors (Lipinski definition) is 3. The molecule has 7 heteroatoms. The molecule has 30 heavy (non-hydrogen) atoms. The van der Waals surface area contributed by atoms with Crippen LogP contribution in [0.3, 0.4) is 0 Å². The maximum absolute atomic E-state index is 12.8. The van der Waals surface area contributed by atoms with E-state index in [2.05, 4.69) is 40.2 Å².